The summed E-state index contributed by atoms with van der Waals surface area (Å²) >= 11 is 0. The third kappa shape index (κ3) is 3.04. The predicted molar refractivity (Wildman–Crippen MR) is 122 cm³/mol. The molecule has 3 aromatic rings. The maximum atomic E-state index is 12.5. The Kier molecular flexibility index (Phi) is 4.08. The van der Waals surface area contributed by atoms with Gasteiger partial charge in [-0.3, -0.25) is 4.98 Å². The van der Waals surface area contributed by atoms with Crippen molar-refractivity contribution in [2.75, 3.05) is 17.2 Å². The summed E-state index contributed by atoms with van der Waals surface area (Å²) in [5.74, 6) is 0.664. The standard InChI is InChI=1S/C24H25N5O2S/c1-2-32(30,31)18-3-4-19-21(12-18)29(15-23(19)6-7-23)22-27-13-16(14-28-22)20-11-17(5-10-26-20)24(25)8-9-24/h3-5,10-14H,2,6-9,15,25H2,1H3. The molecule has 2 N–H and O–H groups in total. The molecule has 2 saturated carbocycles. The van der Waals surface area contributed by atoms with Crippen LogP contribution in [-0.2, 0) is 20.8 Å². The van der Waals surface area contributed by atoms with Crippen molar-refractivity contribution in [1.82, 2.24) is 15.0 Å². The second-order valence-corrected chi connectivity index (χ2v) is 11.6. The molecule has 8 heteroatoms. The van der Waals surface area contributed by atoms with Gasteiger partial charge in [0.05, 0.1) is 16.3 Å². The molecule has 1 spiro atoms. The molecule has 32 heavy (non-hydrogen) atoms. The highest BCUT2D eigenvalue weighted by Gasteiger charge is 2.52. The topological polar surface area (TPSA) is 102 Å². The fourth-order valence-electron chi connectivity index (χ4n) is 4.69. The van der Waals surface area contributed by atoms with E-state index in [0.717, 1.165) is 54.7 Å². The van der Waals surface area contributed by atoms with Crippen LogP contribution >= 0.6 is 0 Å². The molecule has 0 unspecified atom stereocenters. The Hall–Kier alpha value is -2.84. The summed E-state index contributed by atoms with van der Waals surface area (Å²) in [5, 5.41) is 0. The molecule has 2 aromatic heterocycles. The lowest BCUT2D eigenvalue weighted by Crippen LogP contribution is -2.21. The van der Waals surface area contributed by atoms with Gasteiger partial charge in [-0.1, -0.05) is 13.0 Å². The number of fused-ring (bicyclic) bond motifs is 2. The molecule has 2 aliphatic carbocycles. The minimum atomic E-state index is -3.28. The van der Waals surface area contributed by atoms with Crippen molar-refractivity contribution in [3.63, 3.8) is 0 Å². The van der Waals surface area contributed by atoms with Crippen LogP contribution in [-0.4, -0.2) is 35.7 Å². The van der Waals surface area contributed by atoms with Crippen molar-refractivity contribution in [2.24, 2.45) is 5.73 Å². The lowest BCUT2D eigenvalue weighted by molar-refractivity contribution is 0.597. The molecule has 2 fully saturated rings. The van der Waals surface area contributed by atoms with Crippen LogP contribution in [0.25, 0.3) is 11.3 Å². The minimum Gasteiger partial charge on any atom is -0.321 e. The van der Waals surface area contributed by atoms with Gasteiger partial charge in [0.1, 0.15) is 0 Å². The number of benzene rings is 1. The Morgan fingerprint density at radius 3 is 2.44 bits per heavy atom. The van der Waals surface area contributed by atoms with E-state index in [1.165, 1.54) is 5.56 Å². The van der Waals surface area contributed by atoms with Crippen molar-refractivity contribution in [1.29, 1.82) is 0 Å². The normalized spacial score (nSPS) is 19.8. The van der Waals surface area contributed by atoms with Gasteiger partial charge in [-0.2, -0.15) is 0 Å². The van der Waals surface area contributed by atoms with Gasteiger partial charge in [0.2, 0.25) is 5.95 Å². The lowest BCUT2D eigenvalue weighted by Gasteiger charge is -2.18. The molecule has 0 atom stereocenters. The van der Waals surface area contributed by atoms with Crippen LogP contribution in [0.15, 0.2) is 53.8 Å². The fraction of sp³-hybridized carbons (Fsp3) is 0.375. The first-order valence-electron chi connectivity index (χ1n) is 11.1. The quantitative estimate of drug-likeness (QED) is 0.639. The van der Waals surface area contributed by atoms with Crippen molar-refractivity contribution in [2.45, 2.75) is 48.5 Å². The molecule has 6 rings (SSSR count). The summed E-state index contributed by atoms with van der Waals surface area (Å²) in [6.45, 7) is 2.45. The Balaban J connectivity index is 1.35. The highest BCUT2D eigenvalue weighted by molar-refractivity contribution is 7.91. The monoisotopic (exact) mass is 447 g/mol. The van der Waals surface area contributed by atoms with E-state index in [2.05, 4.69) is 19.9 Å². The molecule has 1 aromatic carbocycles. The smallest absolute Gasteiger partial charge is 0.229 e. The van der Waals surface area contributed by atoms with E-state index in [0.29, 0.717) is 10.8 Å². The molecule has 0 bridgehead atoms. The molecule has 3 aliphatic rings. The molecular formula is C24H25N5O2S. The Bertz CT molecular complexity index is 1330. The van der Waals surface area contributed by atoms with Crippen LogP contribution in [0.1, 0.15) is 43.7 Å². The summed E-state index contributed by atoms with van der Waals surface area (Å²) in [5.41, 5.74) is 11.1. The van der Waals surface area contributed by atoms with Crippen molar-refractivity contribution in [3.05, 3.63) is 60.0 Å². The summed E-state index contributed by atoms with van der Waals surface area (Å²) in [6, 6.07) is 9.52. The van der Waals surface area contributed by atoms with Gasteiger partial charge in [-0.25, -0.2) is 18.4 Å². The van der Waals surface area contributed by atoms with Crippen LogP contribution in [0.4, 0.5) is 11.6 Å². The van der Waals surface area contributed by atoms with E-state index in [9.17, 15) is 8.42 Å². The van der Waals surface area contributed by atoms with Gasteiger partial charge in [0.15, 0.2) is 9.84 Å². The van der Waals surface area contributed by atoms with Crippen LogP contribution in [0, 0.1) is 0 Å². The number of hydrogen-bond acceptors (Lipinski definition) is 7. The van der Waals surface area contributed by atoms with Crippen LogP contribution < -0.4 is 10.6 Å². The Morgan fingerprint density at radius 1 is 1.03 bits per heavy atom. The number of pyridine rings is 1. The van der Waals surface area contributed by atoms with Gasteiger partial charge in [0, 0.05) is 47.3 Å². The predicted octanol–water partition coefficient (Wildman–Crippen LogP) is 3.46. The summed E-state index contributed by atoms with van der Waals surface area (Å²) in [6.07, 6.45) is 9.56. The first kappa shape index (κ1) is 19.8. The Labute approximate surface area is 187 Å². The molecular weight excluding hydrogens is 422 g/mol. The van der Waals surface area contributed by atoms with Gasteiger partial charge < -0.3 is 10.6 Å². The highest BCUT2D eigenvalue weighted by atomic mass is 32.2. The summed E-state index contributed by atoms with van der Waals surface area (Å²) in [7, 11) is -3.28. The molecule has 164 valence electrons. The van der Waals surface area contributed by atoms with Crippen molar-refractivity contribution >= 4 is 21.5 Å². The summed E-state index contributed by atoms with van der Waals surface area (Å²) in [4.78, 5) is 16.2. The number of rotatable bonds is 5. The average molecular weight is 448 g/mol. The number of aromatic nitrogens is 3. The molecule has 0 saturated heterocycles. The lowest BCUT2D eigenvalue weighted by atomic mass is 9.99. The molecule has 7 nitrogen and oxygen atoms in total. The third-order valence-corrected chi connectivity index (χ3v) is 8.92. The first-order valence-corrected chi connectivity index (χ1v) is 12.7. The number of sulfone groups is 1. The zero-order valence-electron chi connectivity index (χ0n) is 18.0. The maximum absolute atomic E-state index is 12.5. The molecule has 3 heterocycles. The highest BCUT2D eigenvalue weighted by Crippen LogP contribution is 2.58. The van der Waals surface area contributed by atoms with Crippen molar-refractivity contribution < 1.29 is 8.42 Å². The first-order chi connectivity index (χ1) is 15.3. The molecule has 1 aliphatic heterocycles. The number of nitrogens with zero attached hydrogens (tertiary/aromatic N) is 4. The SMILES string of the molecule is CCS(=O)(=O)c1ccc2c(c1)N(c1ncc(-c3cc(C4(N)CC4)ccn3)cn1)CC21CC1. The van der Waals surface area contributed by atoms with Gasteiger partial charge in [-0.05, 0) is 61.1 Å². The maximum Gasteiger partial charge on any atom is 0.229 e. The zero-order valence-corrected chi connectivity index (χ0v) is 18.8. The Morgan fingerprint density at radius 2 is 1.78 bits per heavy atom. The van der Waals surface area contributed by atoms with E-state index < -0.39 is 9.84 Å². The van der Waals surface area contributed by atoms with Gasteiger partial charge >= 0.3 is 0 Å². The van der Waals surface area contributed by atoms with E-state index in [1.807, 2.05) is 18.2 Å². The second-order valence-electron chi connectivity index (χ2n) is 9.31. The fourth-order valence-corrected chi connectivity index (χ4v) is 5.59. The van der Waals surface area contributed by atoms with Crippen LogP contribution in [0.2, 0.25) is 0 Å². The average Bonchev–Trinajstić information content (AvgIpc) is 3.73. The van der Waals surface area contributed by atoms with E-state index in [1.54, 1.807) is 37.6 Å². The number of hydrogen-bond donors (Lipinski definition) is 1. The van der Waals surface area contributed by atoms with Crippen molar-refractivity contribution in [3.8, 4) is 11.3 Å². The summed E-state index contributed by atoms with van der Waals surface area (Å²) < 4.78 is 24.9. The van der Waals surface area contributed by atoms with Gasteiger partial charge in [0.25, 0.3) is 0 Å². The minimum absolute atomic E-state index is 0.0816. The molecule has 0 radical (unpaired) electrons. The zero-order chi connectivity index (χ0) is 22.1. The molecule has 0 amide bonds. The number of anilines is 2. The third-order valence-electron chi connectivity index (χ3n) is 7.18. The van der Waals surface area contributed by atoms with Crippen LogP contribution in [0.3, 0.4) is 0 Å². The van der Waals surface area contributed by atoms with E-state index >= 15 is 0 Å². The van der Waals surface area contributed by atoms with E-state index in [-0.39, 0.29) is 16.7 Å². The largest absolute Gasteiger partial charge is 0.321 e. The van der Waals surface area contributed by atoms with E-state index in [4.69, 9.17) is 5.73 Å². The van der Waals surface area contributed by atoms with Gasteiger partial charge in [-0.15, -0.1) is 0 Å². The van der Waals surface area contributed by atoms with Crippen LogP contribution in [0.5, 0.6) is 0 Å². The second kappa shape index (κ2) is 6.59. The number of nitrogens with two attached hydrogens (primary N) is 1.